The van der Waals surface area contributed by atoms with Crippen molar-refractivity contribution in [1.29, 1.82) is 0 Å². The first-order valence-corrected chi connectivity index (χ1v) is 12.7. The van der Waals surface area contributed by atoms with E-state index in [1.165, 1.54) is 11.3 Å². The molecule has 7 nitrogen and oxygen atoms in total. The Labute approximate surface area is 214 Å². The fourth-order valence-electron chi connectivity index (χ4n) is 4.53. The van der Waals surface area contributed by atoms with Crippen molar-refractivity contribution in [2.75, 3.05) is 11.9 Å². The molecule has 1 aliphatic rings. The Morgan fingerprint density at radius 3 is 2.17 bits per heavy atom. The third-order valence-electron chi connectivity index (χ3n) is 6.18. The third-order valence-corrected chi connectivity index (χ3v) is 7.08. The van der Waals surface area contributed by atoms with Gasteiger partial charge in [-0.15, -0.1) is 11.3 Å². The maximum Gasteiger partial charge on any atom is 0.341 e. The molecule has 0 radical (unpaired) electrons. The summed E-state index contributed by atoms with van der Waals surface area (Å²) in [5, 5.41) is 4.96. The van der Waals surface area contributed by atoms with E-state index in [1.54, 1.807) is 45.0 Å². The molecule has 0 aliphatic carbocycles. The molecule has 36 heavy (non-hydrogen) atoms. The molecule has 186 valence electrons. The maximum atomic E-state index is 13.6. The molecule has 0 bridgehead atoms. The van der Waals surface area contributed by atoms with Crippen LogP contribution >= 0.6 is 11.3 Å². The van der Waals surface area contributed by atoms with Crippen molar-refractivity contribution in [3.8, 4) is 11.1 Å². The summed E-state index contributed by atoms with van der Waals surface area (Å²) >= 11 is 1.21. The minimum absolute atomic E-state index is 0.179. The number of amides is 3. The largest absolute Gasteiger partial charge is 0.462 e. The number of nitrogens with one attached hydrogen (secondary N) is 1. The summed E-state index contributed by atoms with van der Waals surface area (Å²) in [6.45, 7) is 9.40. The van der Waals surface area contributed by atoms with Gasteiger partial charge in [0.2, 0.25) is 5.91 Å². The smallest absolute Gasteiger partial charge is 0.341 e. The molecule has 8 heteroatoms. The van der Waals surface area contributed by atoms with E-state index in [2.05, 4.69) is 5.32 Å². The lowest BCUT2D eigenvalue weighted by Crippen LogP contribution is -2.50. The first-order chi connectivity index (χ1) is 17.1. The topological polar surface area (TPSA) is 92.8 Å². The van der Waals surface area contributed by atoms with Crippen LogP contribution in [0, 0.1) is 19.8 Å². The summed E-state index contributed by atoms with van der Waals surface area (Å²) in [6.07, 6.45) is 0. The van der Waals surface area contributed by atoms with E-state index in [-0.39, 0.29) is 29.2 Å². The molecule has 0 saturated heterocycles. The van der Waals surface area contributed by atoms with Crippen LogP contribution in [0.2, 0.25) is 0 Å². The average molecular weight is 505 g/mol. The molecule has 2 aromatic carbocycles. The van der Waals surface area contributed by atoms with Crippen LogP contribution in [0.1, 0.15) is 63.0 Å². The predicted molar refractivity (Wildman–Crippen MR) is 139 cm³/mol. The van der Waals surface area contributed by atoms with E-state index in [0.29, 0.717) is 10.6 Å². The molecule has 3 amide bonds. The number of carbonyl (C=O) groups is 4. The number of anilines is 1. The summed E-state index contributed by atoms with van der Waals surface area (Å²) in [7, 11) is 0. The van der Waals surface area contributed by atoms with E-state index in [0.717, 1.165) is 21.6 Å². The van der Waals surface area contributed by atoms with E-state index >= 15 is 0 Å². The van der Waals surface area contributed by atoms with Gasteiger partial charge in [-0.1, -0.05) is 49.7 Å². The van der Waals surface area contributed by atoms with Gasteiger partial charge < -0.3 is 10.1 Å². The van der Waals surface area contributed by atoms with Crippen molar-refractivity contribution in [1.82, 2.24) is 4.90 Å². The zero-order chi connectivity index (χ0) is 26.1. The number of hydrogen-bond acceptors (Lipinski definition) is 6. The Hall–Kier alpha value is -3.78. The number of nitrogens with zero attached hydrogens (tertiary/aromatic N) is 1. The van der Waals surface area contributed by atoms with Gasteiger partial charge in [0.25, 0.3) is 11.8 Å². The second-order valence-corrected chi connectivity index (χ2v) is 9.98. The molecular formula is C28H28N2O5S. The number of hydrogen-bond donors (Lipinski definition) is 1. The Bertz CT molecular complexity index is 1340. The van der Waals surface area contributed by atoms with Crippen LogP contribution in [0.5, 0.6) is 0 Å². The Kier molecular flexibility index (Phi) is 7.08. The first-order valence-electron chi connectivity index (χ1n) is 11.8. The quantitative estimate of drug-likeness (QED) is 0.340. The van der Waals surface area contributed by atoms with Crippen LogP contribution in [0.25, 0.3) is 11.1 Å². The van der Waals surface area contributed by atoms with Crippen molar-refractivity contribution in [2.45, 2.75) is 40.7 Å². The van der Waals surface area contributed by atoms with Crippen LogP contribution < -0.4 is 5.32 Å². The van der Waals surface area contributed by atoms with Crippen molar-refractivity contribution < 1.29 is 23.9 Å². The zero-order valence-electron chi connectivity index (χ0n) is 20.9. The second-order valence-electron chi connectivity index (χ2n) is 9.10. The van der Waals surface area contributed by atoms with E-state index in [9.17, 15) is 19.2 Å². The number of thiophene rings is 1. The molecule has 0 fully saturated rings. The van der Waals surface area contributed by atoms with E-state index < -0.39 is 29.7 Å². The van der Waals surface area contributed by atoms with Crippen LogP contribution in [0.15, 0.2) is 47.8 Å². The van der Waals surface area contributed by atoms with E-state index in [4.69, 9.17) is 4.74 Å². The molecule has 3 aromatic rings. The van der Waals surface area contributed by atoms with Crippen molar-refractivity contribution in [2.24, 2.45) is 5.92 Å². The Balaban J connectivity index is 1.71. The number of esters is 1. The van der Waals surface area contributed by atoms with Gasteiger partial charge in [-0.3, -0.25) is 19.3 Å². The highest BCUT2D eigenvalue weighted by Gasteiger charge is 2.44. The molecule has 1 N–H and O–H groups in total. The van der Waals surface area contributed by atoms with Gasteiger partial charge in [-0.2, -0.15) is 0 Å². The van der Waals surface area contributed by atoms with Crippen LogP contribution in [-0.2, 0) is 9.53 Å². The molecule has 1 unspecified atom stereocenters. The molecule has 2 heterocycles. The van der Waals surface area contributed by atoms with Crippen LogP contribution in [0.3, 0.4) is 0 Å². The highest BCUT2D eigenvalue weighted by molar-refractivity contribution is 7.15. The monoisotopic (exact) mass is 504 g/mol. The lowest BCUT2D eigenvalue weighted by Gasteiger charge is -2.28. The van der Waals surface area contributed by atoms with Crippen molar-refractivity contribution in [3.05, 3.63) is 75.7 Å². The minimum Gasteiger partial charge on any atom is -0.462 e. The fourth-order valence-corrected chi connectivity index (χ4v) is 5.49. The second kappa shape index (κ2) is 10.1. The maximum absolute atomic E-state index is 13.6. The summed E-state index contributed by atoms with van der Waals surface area (Å²) < 4.78 is 5.32. The predicted octanol–water partition coefficient (Wildman–Crippen LogP) is 5.47. The van der Waals surface area contributed by atoms with Gasteiger partial charge in [0, 0.05) is 10.9 Å². The number of ether oxygens (including phenoxy) is 1. The van der Waals surface area contributed by atoms with Crippen molar-refractivity contribution >= 4 is 40.0 Å². The normalized spacial score (nSPS) is 13.7. The average Bonchev–Trinajstić information content (AvgIpc) is 3.34. The molecular weight excluding hydrogens is 476 g/mol. The lowest BCUT2D eigenvalue weighted by molar-refractivity contribution is -0.121. The summed E-state index contributed by atoms with van der Waals surface area (Å²) in [5.41, 5.74) is 4.42. The molecule has 1 aromatic heterocycles. The van der Waals surface area contributed by atoms with Gasteiger partial charge in [0.1, 0.15) is 16.6 Å². The minimum atomic E-state index is -1.06. The van der Waals surface area contributed by atoms with E-state index in [1.807, 2.05) is 37.4 Å². The van der Waals surface area contributed by atoms with Crippen LogP contribution in [-0.4, -0.2) is 41.2 Å². The van der Waals surface area contributed by atoms with Gasteiger partial charge in [0.15, 0.2) is 0 Å². The van der Waals surface area contributed by atoms with Gasteiger partial charge in [-0.25, -0.2) is 4.79 Å². The van der Waals surface area contributed by atoms with Crippen molar-refractivity contribution in [3.63, 3.8) is 0 Å². The standard InChI is InChI=1S/C28H28N2O5S/c1-6-35-28(34)22-21(18-12-11-16(4)13-17(18)5)14-36-25(22)29-24(31)23(15(2)3)30-26(32)19-9-7-8-10-20(19)27(30)33/h7-15,23H,6H2,1-5H3,(H,29,31). The highest BCUT2D eigenvalue weighted by atomic mass is 32.1. The number of aryl methyl sites for hydroxylation is 2. The number of rotatable bonds is 7. The fraction of sp³-hybridized carbons (Fsp3) is 0.286. The summed E-state index contributed by atoms with van der Waals surface area (Å²) in [5.74, 6) is -2.46. The third kappa shape index (κ3) is 4.44. The molecule has 1 atom stereocenters. The number of imide groups is 1. The Morgan fingerprint density at radius 1 is 0.972 bits per heavy atom. The van der Waals surface area contributed by atoms with Gasteiger partial charge >= 0.3 is 5.97 Å². The lowest BCUT2D eigenvalue weighted by atomic mass is 9.97. The number of carbonyl (C=O) groups excluding carboxylic acids is 4. The zero-order valence-corrected chi connectivity index (χ0v) is 21.7. The number of fused-ring (bicyclic) bond motifs is 1. The molecule has 0 saturated carbocycles. The number of benzene rings is 2. The van der Waals surface area contributed by atoms with Crippen LogP contribution in [0.4, 0.5) is 5.00 Å². The molecule has 1 aliphatic heterocycles. The summed E-state index contributed by atoms with van der Waals surface area (Å²) in [4.78, 5) is 53.8. The van der Waals surface area contributed by atoms with Gasteiger partial charge in [-0.05, 0) is 49.9 Å². The first kappa shape index (κ1) is 25.3. The summed E-state index contributed by atoms with van der Waals surface area (Å²) in [6, 6.07) is 11.4. The SMILES string of the molecule is CCOC(=O)c1c(-c2ccc(C)cc2C)csc1NC(=O)C(C(C)C)N1C(=O)c2ccccc2C1=O. The van der Waals surface area contributed by atoms with Gasteiger partial charge in [0.05, 0.1) is 17.7 Å². The highest BCUT2D eigenvalue weighted by Crippen LogP contribution is 2.38. The Morgan fingerprint density at radius 2 is 1.61 bits per heavy atom. The molecule has 4 rings (SSSR count). The molecule has 0 spiro atoms.